The predicted molar refractivity (Wildman–Crippen MR) is 104 cm³/mol. The summed E-state index contributed by atoms with van der Waals surface area (Å²) in [6, 6.07) is 10.1. The van der Waals surface area contributed by atoms with Gasteiger partial charge in [-0.2, -0.15) is 5.10 Å². The SMILES string of the molecule is NC(=O)C1NNC2CCC(Nc3ncnc4c3cnn4-c3ccccc3)CC21. The molecule has 1 aliphatic heterocycles. The number of rotatable bonds is 4. The molecule has 144 valence electrons. The molecule has 2 fully saturated rings. The zero-order chi connectivity index (χ0) is 19.1. The molecule has 9 nitrogen and oxygen atoms in total. The molecule has 3 aromatic rings. The molecule has 5 rings (SSSR count). The molecule has 3 heterocycles. The van der Waals surface area contributed by atoms with Gasteiger partial charge < -0.3 is 11.1 Å². The van der Waals surface area contributed by atoms with Gasteiger partial charge in [-0.25, -0.2) is 20.1 Å². The van der Waals surface area contributed by atoms with Gasteiger partial charge in [-0.1, -0.05) is 18.2 Å². The lowest BCUT2D eigenvalue weighted by atomic mass is 9.79. The van der Waals surface area contributed by atoms with Crippen LogP contribution in [0.25, 0.3) is 16.7 Å². The van der Waals surface area contributed by atoms with Crippen LogP contribution in [0.15, 0.2) is 42.9 Å². The van der Waals surface area contributed by atoms with Gasteiger partial charge in [-0.05, 0) is 31.4 Å². The molecule has 9 heteroatoms. The highest BCUT2D eigenvalue weighted by atomic mass is 16.1. The van der Waals surface area contributed by atoms with E-state index in [1.165, 1.54) is 0 Å². The second-order valence-corrected chi connectivity index (χ2v) is 7.44. The zero-order valence-electron chi connectivity index (χ0n) is 15.2. The van der Waals surface area contributed by atoms with E-state index in [4.69, 9.17) is 5.73 Å². The number of fused-ring (bicyclic) bond motifs is 2. The van der Waals surface area contributed by atoms with E-state index in [9.17, 15) is 4.79 Å². The van der Waals surface area contributed by atoms with E-state index in [0.29, 0.717) is 0 Å². The van der Waals surface area contributed by atoms with Gasteiger partial charge in [-0.3, -0.25) is 10.2 Å². The van der Waals surface area contributed by atoms with Gasteiger partial charge in [0.2, 0.25) is 5.91 Å². The first kappa shape index (κ1) is 17.1. The Kier molecular flexibility index (Phi) is 4.18. The number of carbonyl (C=O) groups excluding carboxylic acids is 1. The number of aromatic nitrogens is 4. The van der Waals surface area contributed by atoms with Crippen molar-refractivity contribution in [2.24, 2.45) is 11.7 Å². The molecule has 0 bridgehead atoms. The highest BCUT2D eigenvalue weighted by molar-refractivity contribution is 5.87. The normalized spacial score (nSPS) is 26.9. The summed E-state index contributed by atoms with van der Waals surface area (Å²) in [6.45, 7) is 0. The second kappa shape index (κ2) is 6.84. The molecule has 1 amide bonds. The average Bonchev–Trinajstić information content (AvgIpc) is 3.33. The molecule has 2 aliphatic rings. The maximum atomic E-state index is 11.7. The highest BCUT2D eigenvalue weighted by Crippen LogP contribution is 2.32. The first-order chi connectivity index (χ1) is 13.7. The summed E-state index contributed by atoms with van der Waals surface area (Å²) >= 11 is 0. The lowest BCUT2D eigenvalue weighted by Crippen LogP contribution is -2.44. The summed E-state index contributed by atoms with van der Waals surface area (Å²) in [5, 5.41) is 8.93. The van der Waals surface area contributed by atoms with E-state index in [1.54, 1.807) is 12.5 Å². The molecule has 0 radical (unpaired) electrons. The summed E-state index contributed by atoms with van der Waals surface area (Å²) in [6.07, 6.45) is 6.15. The zero-order valence-corrected chi connectivity index (χ0v) is 15.2. The molecular formula is C19H22N8O. The quantitative estimate of drug-likeness (QED) is 0.528. The van der Waals surface area contributed by atoms with Gasteiger partial charge in [0.15, 0.2) is 5.65 Å². The Labute approximate surface area is 161 Å². The third-order valence-electron chi connectivity index (χ3n) is 5.77. The maximum Gasteiger partial charge on any atom is 0.236 e. The van der Waals surface area contributed by atoms with Crippen LogP contribution in [-0.4, -0.2) is 43.8 Å². The molecule has 1 saturated carbocycles. The van der Waals surface area contributed by atoms with Crippen molar-refractivity contribution in [3.05, 3.63) is 42.9 Å². The van der Waals surface area contributed by atoms with Crippen molar-refractivity contribution in [3.8, 4) is 5.69 Å². The van der Waals surface area contributed by atoms with E-state index in [-0.39, 0.29) is 30.0 Å². The van der Waals surface area contributed by atoms with Gasteiger partial charge in [-0.15, -0.1) is 0 Å². The molecule has 1 aromatic carbocycles. The van der Waals surface area contributed by atoms with Crippen molar-refractivity contribution >= 4 is 22.8 Å². The lowest BCUT2D eigenvalue weighted by Gasteiger charge is -2.33. The number of carbonyl (C=O) groups is 1. The summed E-state index contributed by atoms with van der Waals surface area (Å²) in [7, 11) is 0. The van der Waals surface area contributed by atoms with Crippen LogP contribution in [0, 0.1) is 5.92 Å². The van der Waals surface area contributed by atoms with E-state index in [1.807, 2.05) is 35.0 Å². The van der Waals surface area contributed by atoms with E-state index < -0.39 is 0 Å². The molecule has 5 N–H and O–H groups in total. The molecular weight excluding hydrogens is 356 g/mol. The molecule has 1 saturated heterocycles. The second-order valence-electron chi connectivity index (χ2n) is 7.44. The van der Waals surface area contributed by atoms with Gasteiger partial charge in [0.1, 0.15) is 18.2 Å². The molecule has 2 aromatic heterocycles. The fourth-order valence-electron chi connectivity index (χ4n) is 4.38. The van der Waals surface area contributed by atoms with Gasteiger partial charge in [0, 0.05) is 18.0 Å². The lowest BCUT2D eigenvalue weighted by molar-refractivity contribution is -0.120. The summed E-state index contributed by atoms with van der Waals surface area (Å²) in [5.74, 6) is 0.632. The van der Waals surface area contributed by atoms with E-state index in [0.717, 1.165) is 41.8 Å². The van der Waals surface area contributed by atoms with Gasteiger partial charge >= 0.3 is 0 Å². The number of hydrogen-bond donors (Lipinski definition) is 4. The Hall–Kier alpha value is -3.04. The molecule has 4 atom stereocenters. The summed E-state index contributed by atoms with van der Waals surface area (Å²) < 4.78 is 1.81. The van der Waals surface area contributed by atoms with Crippen LogP contribution in [0.4, 0.5) is 5.82 Å². The van der Waals surface area contributed by atoms with Crippen LogP contribution in [-0.2, 0) is 4.79 Å². The van der Waals surface area contributed by atoms with Crippen molar-refractivity contribution in [2.45, 2.75) is 37.4 Å². The van der Waals surface area contributed by atoms with Gasteiger partial charge in [0.25, 0.3) is 0 Å². The van der Waals surface area contributed by atoms with Crippen LogP contribution in [0.1, 0.15) is 19.3 Å². The number of nitrogens with one attached hydrogen (secondary N) is 3. The molecule has 0 spiro atoms. The third kappa shape index (κ3) is 2.88. The Bertz CT molecular complexity index is 1000. The number of nitrogens with zero attached hydrogens (tertiary/aromatic N) is 4. The number of benzene rings is 1. The number of primary amides is 1. The minimum atomic E-state index is -0.333. The van der Waals surface area contributed by atoms with E-state index >= 15 is 0 Å². The summed E-state index contributed by atoms with van der Waals surface area (Å²) in [5.41, 5.74) is 13.5. The van der Waals surface area contributed by atoms with Crippen LogP contribution < -0.4 is 21.9 Å². The number of anilines is 1. The standard InChI is InChI=1S/C19H22N8O/c20-17(28)16-13-8-11(6-7-15(13)25-26-16)24-18-14-9-23-27(19(14)22-10-21-18)12-4-2-1-3-5-12/h1-5,9-11,13,15-16,25-26H,6-8H2,(H2,20,28)(H,21,22,24). The third-order valence-corrected chi connectivity index (χ3v) is 5.77. The number of hydrogen-bond acceptors (Lipinski definition) is 7. The number of amides is 1. The van der Waals surface area contributed by atoms with Crippen LogP contribution in [0.5, 0.6) is 0 Å². The molecule has 1 aliphatic carbocycles. The van der Waals surface area contributed by atoms with Crippen molar-refractivity contribution in [3.63, 3.8) is 0 Å². The van der Waals surface area contributed by atoms with Crippen molar-refractivity contribution in [1.82, 2.24) is 30.6 Å². The average molecular weight is 378 g/mol. The first-order valence-corrected chi connectivity index (χ1v) is 9.52. The fraction of sp³-hybridized carbons (Fsp3) is 0.368. The number of hydrazine groups is 1. The Morgan fingerprint density at radius 3 is 2.86 bits per heavy atom. The minimum Gasteiger partial charge on any atom is -0.368 e. The number of para-hydroxylation sites is 1. The Balaban J connectivity index is 1.40. The Morgan fingerprint density at radius 2 is 2.04 bits per heavy atom. The monoisotopic (exact) mass is 378 g/mol. The van der Waals surface area contributed by atoms with Crippen molar-refractivity contribution in [2.75, 3.05) is 5.32 Å². The summed E-state index contributed by atoms with van der Waals surface area (Å²) in [4.78, 5) is 20.6. The van der Waals surface area contributed by atoms with Crippen molar-refractivity contribution in [1.29, 1.82) is 0 Å². The van der Waals surface area contributed by atoms with Crippen LogP contribution in [0.2, 0.25) is 0 Å². The van der Waals surface area contributed by atoms with Crippen LogP contribution >= 0.6 is 0 Å². The molecule has 4 unspecified atom stereocenters. The fourth-order valence-corrected chi connectivity index (χ4v) is 4.38. The van der Waals surface area contributed by atoms with Gasteiger partial charge in [0.05, 0.1) is 17.3 Å². The van der Waals surface area contributed by atoms with Crippen LogP contribution in [0.3, 0.4) is 0 Å². The predicted octanol–water partition coefficient (Wildman–Crippen LogP) is 0.726. The maximum absolute atomic E-state index is 11.7. The highest BCUT2D eigenvalue weighted by Gasteiger charge is 2.42. The number of nitrogens with two attached hydrogens (primary N) is 1. The Morgan fingerprint density at radius 1 is 1.18 bits per heavy atom. The topological polar surface area (TPSA) is 123 Å². The van der Waals surface area contributed by atoms with E-state index in [2.05, 4.69) is 31.2 Å². The first-order valence-electron chi connectivity index (χ1n) is 9.52. The van der Waals surface area contributed by atoms with Crippen molar-refractivity contribution < 1.29 is 4.79 Å². The smallest absolute Gasteiger partial charge is 0.236 e. The minimum absolute atomic E-state index is 0.174. The largest absolute Gasteiger partial charge is 0.368 e. The molecule has 28 heavy (non-hydrogen) atoms.